The number of para-hydroxylation sites is 1. The highest BCUT2D eigenvalue weighted by Gasteiger charge is 2.09. The molecule has 6 heteroatoms. The van der Waals surface area contributed by atoms with Crippen LogP contribution in [0.25, 0.3) is 0 Å². The summed E-state index contributed by atoms with van der Waals surface area (Å²) >= 11 is 0. The molecule has 0 atom stereocenters. The molecule has 0 saturated heterocycles. The van der Waals surface area contributed by atoms with E-state index in [0.717, 1.165) is 5.56 Å². The van der Waals surface area contributed by atoms with Crippen molar-refractivity contribution in [3.8, 4) is 0 Å². The number of rotatable bonds is 6. The van der Waals surface area contributed by atoms with Gasteiger partial charge in [0.25, 0.3) is 5.91 Å². The Morgan fingerprint density at radius 1 is 1.04 bits per heavy atom. The zero-order valence-electron chi connectivity index (χ0n) is 12.5. The zero-order valence-corrected chi connectivity index (χ0v) is 12.5. The van der Waals surface area contributed by atoms with Crippen LogP contribution in [0.4, 0.5) is 5.69 Å². The van der Waals surface area contributed by atoms with E-state index in [9.17, 15) is 9.59 Å². The van der Waals surface area contributed by atoms with E-state index in [1.807, 2.05) is 18.2 Å². The van der Waals surface area contributed by atoms with Crippen molar-refractivity contribution >= 4 is 17.5 Å². The number of anilines is 1. The van der Waals surface area contributed by atoms with Crippen LogP contribution < -0.4 is 10.8 Å². The SMILES string of the molecule is O=C(Cc1cccc(C(=O)NO)c1)Nc1ccccc1CCO. The molecule has 2 rings (SSSR count). The lowest BCUT2D eigenvalue weighted by atomic mass is 10.1. The summed E-state index contributed by atoms with van der Waals surface area (Å²) in [5.74, 6) is -0.850. The first-order valence-corrected chi connectivity index (χ1v) is 7.16. The maximum Gasteiger partial charge on any atom is 0.274 e. The molecule has 0 unspecified atom stereocenters. The summed E-state index contributed by atoms with van der Waals surface area (Å²) < 4.78 is 0. The Kier molecular flexibility index (Phi) is 5.85. The minimum Gasteiger partial charge on any atom is -0.396 e. The lowest BCUT2D eigenvalue weighted by molar-refractivity contribution is -0.115. The minimum absolute atomic E-state index is 0.00516. The molecule has 120 valence electrons. The van der Waals surface area contributed by atoms with Gasteiger partial charge >= 0.3 is 0 Å². The van der Waals surface area contributed by atoms with Gasteiger partial charge in [-0.15, -0.1) is 0 Å². The van der Waals surface area contributed by atoms with Gasteiger partial charge in [-0.3, -0.25) is 14.8 Å². The van der Waals surface area contributed by atoms with Gasteiger partial charge in [0, 0.05) is 17.9 Å². The molecule has 0 aromatic heterocycles. The Labute approximate surface area is 133 Å². The molecule has 0 bridgehead atoms. The molecule has 2 aromatic carbocycles. The van der Waals surface area contributed by atoms with E-state index < -0.39 is 5.91 Å². The van der Waals surface area contributed by atoms with Crippen LogP contribution in [0, 0.1) is 0 Å². The van der Waals surface area contributed by atoms with Crippen molar-refractivity contribution in [2.45, 2.75) is 12.8 Å². The summed E-state index contributed by atoms with van der Waals surface area (Å²) in [7, 11) is 0. The summed E-state index contributed by atoms with van der Waals surface area (Å²) in [6, 6.07) is 13.7. The number of carbonyl (C=O) groups excluding carboxylic acids is 2. The predicted molar refractivity (Wildman–Crippen MR) is 85.3 cm³/mol. The molecule has 6 nitrogen and oxygen atoms in total. The molecule has 0 aliphatic carbocycles. The number of hydroxylamine groups is 1. The fourth-order valence-electron chi connectivity index (χ4n) is 2.25. The Morgan fingerprint density at radius 2 is 1.83 bits per heavy atom. The largest absolute Gasteiger partial charge is 0.396 e. The van der Waals surface area contributed by atoms with Crippen molar-refractivity contribution in [3.63, 3.8) is 0 Å². The third kappa shape index (κ3) is 4.64. The number of nitrogens with one attached hydrogen (secondary N) is 2. The number of aliphatic hydroxyl groups excluding tert-OH is 1. The van der Waals surface area contributed by atoms with Gasteiger partial charge in [-0.1, -0.05) is 30.3 Å². The van der Waals surface area contributed by atoms with Crippen molar-refractivity contribution in [1.29, 1.82) is 0 Å². The van der Waals surface area contributed by atoms with Crippen LogP contribution in [-0.2, 0) is 17.6 Å². The molecule has 0 aliphatic heterocycles. The van der Waals surface area contributed by atoms with Gasteiger partial charge in [-0.05, 0) is 35.7 Å². The lowest BCUT2D eigenvalue weighted by Crippen LogP contribution is -2.19. The molecular formula is C17H18N2O4. The summed E-state index contributed by atoms with van der Waals surface area (Å²) in [5, 5.41) is 20.5. The second-order valence-corrected chi connectivity index (χ2v) is 5.00. The zero-order chi connectivity index (χ0) is 16.7. The first-order valence-electron chi connectivity index (χ1n) is 7.16. The maximum absolute atomic E-state index is 12.2. The fraction of sp³-hybridized carbons (Fsp3) is 0.176. The average molecular weight is 314 g/mol. The molecule has 2 aromatic rings. The van der Waals surface area contributed by atoms with E-state index in [2.05, 4.69) is 5.32 Å². The van der Waals surface area contributed by atoms with Gasteiger partial charge in [-0.2, -0.15) is 0 Å². The Balaban J connectivity index is 2.07. The Morgan fingerprint density at radius 3 is 2.57 bits per heavy atom. The normalized spacial score (nSPS) is 10.2. The monoisotopic (exact) mass is 314 g/mol. The topological polar surface area (TPSA) is 98.7 Å². The molecule has 2 amide bonds. The van der Waals surface area contributed by atoms with Gasteiger partial charge in [-0.25, -0.2) is 5.48 Å². The summed E-state index contributed by atoms with van der Waals surface area (Å²) in [6.07, 6.45) is 0.558. The second-order valence-electron chi connectivity index (χ2n) is 5.00. The van der Waals surface area contributed by atoms with Crippen LogP contribution in [0.1, 0.15) is 21.5 Å². The maximum atomic E-state index is 12.2. The molecule has 23 heavy (non-hydrogen) atoms. The van der Waals surface area contributed by atoms with Gasteiger partial charge in [0.2, 0.25) is 5.91 Å². The van der Waals surface area contributed by atoms with E-state index in [-0.39, 0.29) is 24.5 Å². The first-order chi connectivity index (χ1) is 11.1. The van der Waals surface area contributed by atoms with Crippen molar-refractivity contribution in [3.05, 3.63) is 65.2 Å². The molecule has 0 radical (unpaired) electrons. The van der Waals surface area contributed by atoms with Crippen LogP contribution in [0.15, 0.2) is 48.5 Å². The van der Waals surface area contributed by atoms with E-state index in [4.69, 9.17) is 10.3 Å². The molecule has 0 aliphatic rings. The molecule has 0 fully saturated rings. The Bertz CT molecular complexity index is 700. The molecule has 0 heterocycles. The molecule has 0 saturated carbocycles. The van der Waals surface area contributed by atoms with Crippen LogP contribution >= 0.6 is 0 Å². The van der Waals surface area contributed by atoms with Crippen LogP contribution in [0.3, 0.4) is 0 Å². The first kappa shape index (κ1) is 16.7. The van der Waals surface area contributed by atoms with Crippen molar-refractivity contribution in [2.75, 3.05) is 11.9 Å². The number of hydrogen-bond acceptors (Lipinski definition) is 4. The van der Waals surface area contributed by atoms with Gasteiger partial charge < -0.3 is 10.4 Å². The van der Waals surface area contributed by atoms with Crippen LogP contribution in [0.5, 0.6) is 0 Å². The lowest BCUT2D eigenvalue weighted by Gasteiger charge is -2.10. The van der Waals surface area contributed by atoms with Gasteiger partial charge in [0.15, 0.2) is 0 Å². The number of benzene rings is 2. The number of carbonyl (C=O) groups is 2. The van der Waals surface area contributed by atoms with E-state index in [1.54, 1.807) is 35.8 Å². The fourth-order valence-corrected chi connectivity index (χ4v) is 2.25. The quantitative estimate of drug-likeness (QED) is 0.480. The number of aliphatic hydroxyl groups is 1. The van der Waals surface area contributed by atoms with Crippen molar-refractivity contribution in [2.24, 2.45) is 0 Å². The number of hydrogen-bond donors (Lipinski definition) is 4. The highest BCUT2D eigenvalue weighted by atomic mass is 16.5. The van der Waals surface area contributed by atoms with Crippen LogP contribution in [0.2, 0.25) is 0 Å². The smallest absolute Gasteiger partial charge is 0.274 e. The third-order valence-electron chi connectivity index (χ3n) is 3.33. The Hall–Kier alpha value is -2.70. The molecule has 4 N–H and O–H groups in total. The highest BCUT2D eigenvalue weighted by molar-refractivity contribution is 5.95. The summed E-state index contributed by atoms with van der Waals surface area (Å²) in [6.45, 7) is 0.00516. The third-order valence-corrected chi connectivity index (χ3v) is 3.33. The van der Waals surface area contributed by atoms with E-state index >= 15 is 0 Å². The molecule has 0 spiro atoms. The average Bonchev–Trinajstić information content (AvgIpc) is 2.56. The predicted octanol–water partition coefficient (Wildman–Crippen LogP) is 1.52. The van der Waals surface area contributed by atoms with E-state index in [1.165, 1.54) is 0 Å². The summed E-state index contributed by atoms with van der Waals surface area (Å²) in [4.78, 5) is 23.5. The van der Waals surface area contributed by atoms with Crippen molar-refractivity contribution in [1.82, 2.24) is 5.48 Å². The summed E-state index contributed by atoms with van der Waals surface area (Å²) in [5.41, 5.74) is 4.01. The molecular weight excluding hydrogens is 296 g/mol. The second kappa shape index (κ2) is 8.07. The number of amides is 2. The van der Waals surface area contributed by atoms with E-state index in [0.29, 0.717) is 17.7 Å². The van der Waals surface area contributed by atoms with Gasteiger partial charge in [0.05, 0.1) is 6.42 Å². The minimum atomic E-state index is -0.624. The standard InChI is InChI=1S/C17H18N2O4/c20-9-8-13-5-1-2-7-15(13)18-16(21)11-12-4-3-6-14(10-12)17(22)19-23/h1-7,10,20,23H,8-9,11H2,(H,18,21)(H,19,22). The van der Waals surface area contributed by atoms with Gasteiger partial charge in [0.1, 0.15) is 0 Å². The van der Waals surface area contributed by atoms with Crippen LogP contribution in [-0.4, -0.2) is 28.7 Å². The van der Waals surface area contributed by atoms with Crippen molar-refractivity contribution < 1.29 is 19.9 Å². The highest BCUT2D eigenvalue weighted by Crippen LogP contribution is 2.16.